The van der Waals surface area contributed by atoms with Crippen molar-refractivity contribution in [1.29, 1.82) is 0 Å². The van der Waals surface area contributed by atoms with Crippen molar-refractivity contribution in [2.45, 2.75) is 12.8 Å². The lowest BCUT2D eigenvalue weighted by molar-refractivity contribution is 0.572. The summed E-state index contributed by atoms with van der Waals surface area (Å²) in [6.07, 6.45) is 3.95. The van der Waals surface area contributed by atoms with E-state index < -0.39 is 0 Å². The molecule has 1 unspecified atom stereocenters. The van der Waals surface area contributed by atoms with Crippen molar-refractivity contribution >= 4 is 21.7 Å². The predicted molar refractivity (Wildman–Crippen MR) is 62.9 cm³/mol. The van der Waals surface area contributed by atoms with Gasteiger partial charge in [0.15, 0.2) is 11.6 Å². The first-order chi connectivity index (χ1) is 7.31. The van der Waals surface area contributed by atoms with Gasteiger partial charge in [-0.1, -0.05) is 15.9 Å². The fourth-order valence-electron chi connectivity index (χ4n) is 2.03. The topological polar surface area (TPSA) is 16.1 Å². The quantitative estimate of drug-likeness (QED) is 0.787. The summed E-state index contributed by atoms with van der Waals surface area (Å²) < 4.78 is 13.4. The van der Waals surface area contributed by atoms with Crippen LogP contribution in [0.5, 0.6) is 0 Å². The summed E-state index contributed by atoms with van der Waals surface area (Å²) in [5, 5.41) is 1.02. The zero-order valence-electron chi connectivity index (χ0n) is 8.50. The minimum absolute atomic E-state index is 0.211. The Labute approximate surface area is 97.6 Å². The SMILES string of the molecule is Fc1cccnc1N1CCC(CCBr)C1. The Morgan fingerprint density at radius 2 is 2.47 bits per heavy atom. The molecule has 0 bridgehead atoms. The Kier molecular flexibility index (Phi) is 3.57. The molecular formula is C11H14BrFN2. The molecule has 2 nitrogen and oxygen atoms in total. The number of nitrogens with zero attached hydrogens (tertiary/aromatic N) is 2. The predicted octanol–water partition coefficient (Wildman–Crippen LogP) is 2.83. The van der Waals surface area contributed by atoms with E-state index in [0.29, 0.717) is 11.7 Å². The van der Waals surface area contributed by atoms with Crippen LogP contribution in [0.3, 0.4) is 0 Å². The summed E-state index contributed by atoms with van der Waals surface area (Å²) in [5.74, 6) is 0.970. The van der Waals surface area contributed by atoms with Gasteiger partial charge in [0.25, 0.3) is 0 Å². The molecule has 0 saturated carbocycles. The highest BCUT2D eigenvalue weighted by Crippen LogP contribution is 2.26. The molecule has 1 aliphatic rings. The molecule has 0 radical (unpaired) electrons. The minimum atomic E-state index is -0.211. The first kappa shape index (κ1) is 10.9. The number of aromatic nitrogens is 1. The van der Waals surface area contributed by atoms with Crippen molar-refractivity contribution in [2.75, 3.05) is 23.3 Å². The maximum atomic E-state index is 13.4. The lowest BCUT2D eigenvalue weighted by Crippen LogP contribution is -2.22. The zero-order valence-corrected chi connectivity index (χ0v) is 10.1. The molecule has 1 aromatic heterocycles. The molecule has 0 aliphatic carbocycles. The number of rotatable bonds is 3. The second-order valence-electron chi connectivity index (χ2n) is 3.89. The average Bonchev–Trinajstić information content (AvgIpc) is 2.68. The average molecular weight is 273 g/mol. The van der Waals surface area contributed by atoms with Crippen molar-refractivity contribution in [1.82, 2.24) is 4.98 Å². The van der Waals surface area contributed by atoms with Crippen molar-refractivity contribution in [2.24, 2.45) is 5.92 Å². The molecule has 4 heteroatoms. The van der Waals surface area contributed by atoms with Crippen molar-refractivity contribution in [3.8, 4) is 0 Å². The largest absolute Gasteiger partial charge is 0.354 e. The van der Waals surface area contributed by atoms with Crippen LogP contribution in [-0.4, -0.2) is 23.4 Å². The van der Waals surface area contributed by atoms with E-state index in [1.54, 1.807) is 12.3 Å². The molecule has 1 aromatic rings. The fraction of sp³-hybridized carbons (Fsp3) is 0.545. The summed E-state index contributed by atoms with van der Waals surface area (Å²) in [6.45, 7) is 1.85. The summed E-state index contributed by atoms with van der Waals surface area (Å²) in [5.41, 5.74) is 0. The van der Waals surface area contributed by atoms with Gasteiger partial charge in [0, 0.05) is 24.6 Å². The Bertz CT molecular complexity index is 332. The van der Waals surface area contributed by atoms with Crippen LogP contribution in [0, 0.1) is 11.7 Å². The molecule has 1 atom stereocenters. The van der Waals surface area contributed by atoms with Gasteiger partial charge in [-0.25, -0.2) is 9.37 Å². The van der Waals surface area contributed by atoms with E-state index in [1.165, 1.54) is 6.07 Å². The van der Waals surface area contributed by atoms with Gasteiger partial charge in [0.05, 0.1) is 0 Å². The van der Waals surface area contributed by atoms with Gasteiger partial charge in [0.1, 0.15) is 0 Å². The third-order valence-electron chi connectivity index (χ3n) is 2.84. The van der Waals surface area contributed by atoms with Crippen LogP contribution in [-0.2, 0) is 0 Å². The van der Waals surface area contributed by atoms with Crippen molar-refractivity contribution in [3.05, 3.63) is 24.1 Å². The molecular weight excluding hydrogens is 259 g/mol. The van der Waals surface area contributed by atoms with E-state index in [1.807, 2.05) is 4.90 Å². The fourth-order valence-corrected chi connectivity index (χ4v) is 2.67. The third kappa shape index (κ3) is 2.48. The van der Waals surface area contributed by atoms with E-state index in [-0.39, 0.29) is 5.82 Å². The highest BCUT2D eigenvalue weighted by Gasteiger charge is 2.24. The number of alkyl halides is 1. The van der Waals surface area contributed by atoms with Gasteiger partial charge in [-0.2, -0.15) is 0 Å². The van der Waals surface area contributed by atoms with Gasteiger partial charge in [0.2, 0.25) is 0 Å². The maximum Gasteiger partial charge on any atom is 0.165 e. The summed E-state index contributed by atoms with van der Waals surface area (Å²) in [7, 11) is 0. The third-order valence-corrected chi connectivity index (χ3v) is 3.30. The molecule has 2 heterocycles. The smallest absolute Gasteiger partial charge is 0.165 e. The second-order valence-corrected chi connectivity index (χ2v) is 4.68. The van der Waals surface area contributed by atoms with E-state index >= 15 is 0 Å². The van der Waals surface area contributed by atoms with Crippen LogP contribution in [0.25, 0.3) is 0 Å². The van der Waals surface area contributed by atoms with Crippen LogP contribution in [0.2, 0.25) is 0 Å². The molecule has 0 amide bonds. The molecule has 2 rings (SSSR count). The van der Waals surface area contributed by atoms with Gasteiger partial charge in [-0.05, 0) is 30.9 Å². The van der Waals surface area contributed by atoms with E-state index in [0.717, 1.165) is 31.3 Å². The highest BCUT2D eigenvalue weighted by atomic mass is 79.9. The molecule has 1 fully saturated rings. The van der Waals surface area contributed by atoms with Gasteiger partial charge >= 0.3 is 0 Å². The molecule has 1 aliphatic heterocycles. The highest BCUT2D eigenvalue weighted by molar-refractivity contribution is 9.09. The van der Waals surface area contributed by atoms with Crippen LogP contribution in [0.4, 0.5) is 10.2 Å². The van der Waals surface area contributed by atoms with Gasteiger partial charge in [-0.3, -0.25) is 0 Å². The molecule has 0 N–H and O–H groups in total. The first-order valence-corrected chi connectivity index (χ1v) is 6.35. The normalized spacial score (nSPS) is 20.9. The van der Waals surface area contributed by atoms with E-state index in [9.17, 15) is 4.39 Å². The Morgan fingerprint density at radius 3 is 3.20 bits per heavy atom. The molecule has 0 spiro atoms. The zero-order chi connectivity index (χ0) is 10.7. The Balaban J connectivity index is 2.04. The van der Waals surface area contributed by atoms with Crippen LogP contribution >= 0.6 is 15.9 Å². The number of pyridine rings is 1. The maximum absolute atomic E-state index is 13.4. The summed E-state index contributed by atoms with van der Waals surface area (Å²) >= 11 is 3.44. The minimum Gasteiger partial charge on any atom is -0.354 e. The standard InChI is InChI=1S/C11H14BrFN2/c12-5-3-9-4-7-15(8-9)11-10(13)2-1-6-14-11/h1-2,6,9H,3-5,7-8H2. The number of hydrogen-bond donors (Lipinski definition) is 0. The van der Waals surface area contributed by atoms with Gasteiger partial charge < -0.3 is 4.90 Å². The molecule has 82 valence electrons. The number of anilines is 1. The Hall–Kier alpha value is -0.640. The van der Waals surface area contributed by atoms with Crippen LogP contribution in [0.1, 0.15) is 12.8 Å². The molecule has 0 aromatic carbocycles. The van der Waals surface area contributed by atoms with Crippen LogP contribution < -0.4 is 4.90 Å². The first-order valence-electron chi connectivity index (χ1n) is 5.22. The molecule has 1 saturated heterocycles. The monoisotopic (exact) mass is 272 g/mol. The lowest BCUT2D eigenvalue weighted by Gasteiger charge is -2.17. The van der Waals surface area contributed by atoms with Crippen LogP contribution in [0.15, 0.2) is 18.3 Å². The summed E-state index contributed by atoms with van der Waals surface area (Å²) in [4.78, 5) is 6.14. The second kappa shape index (κ2) is 4.92. The van der Waals surface area contributed by atoms with E-state index in [4.69, 9.17) is 0 Å². The summed E-state index contributed by atoms with van der Waals surface area (Å²) in [6, 6.07) is 3.10. The number of halogens is 2. The van der Waals surface area contributed by atoms with Crippen molar-refractivity contribution < 1.29 is 4.39 Å². The molecule has 15 heavy (non-hydrogen) atoms. The van der Waals surface area contributed by atoms with E-state index in [2.05, 4.69) is 20.9 Å². The lowest BCUT2D eigenvalue weighted by atomic mass is 10.1. The Morgan fingerprint density at radius 1 is 1.60 bits per heavy atom. The number of hydrogen-bond acceptors (Lipinski definition) is 2. The van der Waals surface area contributed by atoms with Gasteiger partial charge in [-0.15, -0.1) is 0 Å². The van der Waals surface area contributed by atoms with Crippen molar-refractivity contribution in [3.63, 3.8) is 0 Å².